The molecule has 2 rings (SSSR count). The van der Waals surface area contributed by atoms with Gasteiger partial charge in [-0.1, -0.05) is 6.07 Å². The molecule has 2 N–H and O–H groups in total. The highest BCUT2D eigenvalue weighted by Gasteiger charge is 2.32. The summed E-state index contributed by atoms with van der Waals surface area (Å²) in [6.07, 6.45) is 0.588. The van der Waals surface area contributed by atoms with Crippen molar-refractivity contribution in [3.8, 4) is 0 Å². The highest BCUT2D eigenvalue weighted by molar-refractivity contribution is 5.20. The Morgan fingerprint density at radius 3 is 2.83 bits per heavy atom. The molecule has 0 radical (unpaired) electrons. The first kappa shape index (κ1) is 13.4. The van der Waals surface area contributed by atoms with E-state index in [4.69, 9.17) is 4.74 Å². The lowest BCUT2D eigenvalue weighted by Gasteiger charge is -2.24. The topological polar surface area (TPSA) is 41.5 Å². The monoisotopic (exact) mass is 257 g/mol. The molecule has 2 atom stereocenters. The minimum absolute atomic E-state index is 0.162. The summed E-state index contributed by atoms with van der Waals surface area (Å²) in [5.41, 5.74) is -0.205. The molecule has 1 heterocycles. The molecule has 1 aliphatic heterocycles. The van der Waals surface area contributed by atoms with Crippen molar-refractivity contribution in [1.82, 2.24) is 5.32 Å². The van der Waals surface area contributed by atoms with Crippen molar-refractivity contribution in [2.24, 2.45) is 0 Å². The number of ether oxygens (including phenoxy) is 1. The van der Waals surface area contributed by atoms with E-state index < -0.39 is 17.2 Å². The van der Waals surface area contributed by atoms with E-state index in [-0.39, 0.29) is 6.04 Å². The summed E-state index contributed by atoms with van der Waals surface area (Å²) in [7, 11) is 0. The lowest BCUT2D eigenvalue weighted by atomic mass is 10.0. The SMILES string of the molecule is CC(NCC1(O)CCOC1)c1ccc(F)c(F)c1. The molecule has 1 aliphatic rings. The van der Waals surface area contributed by atoms with Crippen LogP contribution >= 0.6 is 0 Å². The van der Waals surface area contributed by atoms with Gasteiger partial charge in [0, 0.05) is 25.6 Å². The molecule has 18 heavy (non-hydrogen) atoms. The summed E-state index contributed by atoms with van der Waals surface area (Å²) in [5.74, 6) is -1.71. The summed E-state index contributed by atoms with van der Waals surface area (Å²) >= 11 is 0. The van der Waals surface area contributed by atoms with Crippen molar-refractivity contribution in [2.75, 3.05) is 19.8 Å². The summed E-state index contributed by atoms with van der Waals surface area (Å²) in [6, 6.07) is 3.65. The van der Waals surface area contributed by atoms with E-state index in [1.807, 2.05) is 6.92 Å². The van der Waals surface area contributed by atoms with Crippen LogP contribution in [-0.4, -0.2) is 30.5 Å². The fourth-order valence-electron chi connectivity index (χ4n) is 1.98. The number of aliphatic hydroxyl groups is 1. The number of nitrogens with one attached hydrogen (secondary N) is 1. The van der Waals surface area contributed by atoms with Crippen LogP contribution in [0, 0.1) is 11.6 Å². The second kappa shape index (κ2) is 5.30. The average molecular weight is 257 g/mol. The average Bonchev–Trinajstić information content (AvgIpc) is 2.77. The van der Waals surface area contributed by atoms with Gasteiger partial charge in [0.1, 0.15) is 5.60 Å². The van der Waals surface area contributed by atoms with E-state index in [2.05, 4.69) is 5.32 Å². The Labute approximate surface area is 105 Å². The van der Waals surface area contributed by atoms with Crippen molar-refractivity contribution in [3.63, 3.8) is 0 Å². The second-order valence-corrected chi connectivity index (χ2v) is 4.80. The third-order valence-electron chi connectivity index (χ3n) is 3.26. The van der Waals surface area contributed by atoms with Crippen LogP contribution in [0.5, 0.6) is 0 Å². The van der Waals surface area contributed by atoms with Crippen LogP contribution in [0.2, 0.25) is 0 Å². The zero-order valence-electron chi connectivity index (χ0n) is 10.2. The fourth-order valence-corrected chi connectivity index (χ4v) is 1.98. The molecule has 1 aromatic rings. The molecule has 100 valence electrons. The van der Waals surface area contributed by atoms with E-state index in [0.717, 1.165) is 6.07 Å². The van der Waals surface area contributed by atoms with E-state index in [0.29, 0.717) is 31.7 Å². The Hall–Kier alpha value is -1.04. The molecule has 5 heteroatoms. The van der Waals surface area contributed by atoms with E-state index in [1.54, 1.807) is 0 Å². The Morgan fingerprint density at radius 1 is 1.44 bits per heavy atom. The highest BCUT2D eigenvalue weighted by atomic mass is 19.2. The molecule has 0 saturated carbocycles. The fraction of sp³-hybridized carbons (Fsp3) is 0.538. The Kier molecular flexibility index (Phi) is 3.94. The standard InChI is InChI=1S/C13H17F2NO2/c1-9(10-2-3-11(14)12(15)6-10)16-7-13(17)4-5-18-8-13/h2-3,6,9,16-17H,4-5,7-8H2,1H3. The molecule has 1 saturated heterocycles. The molecular formula is C13H17F2NO2. The Balaban J connectivity index is 1.94. The maximum atomic E-state index is 13.1. The van der Waals surface area contributed by atoms with Crippen LogP contribution in [0.1, 0.15) is 24.9 Å². The molecule has 0 spiro atoms. The predicted octanol–water partition coefficient (Wildman–Crippen LogP) is 1.77. The molecule has 0 aromatic heterocycles. The minimum atomic E-state index is -0.857. The number of halogens is 2. The lowest BCUT2D eigenvalue weighted by Crippen LogP contribution is -2.41. The van der Waals surface area contributed by atoms with Crippen molar-refractivity contribution >= 4 is 0 Å². The first-order valence-corrected chi connectivity index (χ1v) is 5.99. The molecule has 0 bridgehead atoms. The molecule has 0 amide bonds. The quantitative estimate of drug-likeness (QED) is 0.863. The van der Waals surface area contributed by atoms with Crippen LogP contribution in [0.15, 0.2) is 18.2 Å². The Morgan fingerprint density at radius 2 is 2.22 bits per heavy atom. The second-order valence-electron chi connectivity index (χ2n) is 4.80. The van der Waals surface area contributed by atoms with Crippen LogP contribution in [0.3, 0.4) is 0 Å². The maximum Gasteiger partial charge on any atom is 0.159 e. The van der Waals surface area contributed by atoms with Gasteiger partial charge in [0.05, 0.1) is 6.61 Å². The zero-order valence-corrected chi connectivity index (χ0v) is 10.2. The van der Waals surface area contributed by atoms with Crippen molar-refractivity contribution in [1.29, 1.82) is 0 Å². The van der Waals surface area contributed by atoms with E-state index in [1.165, 1.54) is 12.1 Å². The number of hydrogen-bond donors (Lipinski definition) is 2. The normalized spacial score (nSPS) is 25.3. The molecule has 2 unspecified atom stereocenters. The molecule has 1 fully saturated rings. The Bertz CT molecular complexity index is 419. The third-order valence-corrected chi connectivity index (χ3v) is 3.26. The highest BCUT2D eigenvalue weighted by Crippen LogP contribution is 2.20. The minimum Gasteiger partial charge on any atom is -0.386 e. The first-order valence-electron chi connectivity index (χ1n) is 5.99. The van der Waals surface area contributed by atoms with Crippen molar-refractivity contribution < 1.29 is 18.6 Å². The maximum absolute atomic E-state index is 13.1. The van der Waals surface area contributed by atoms with Gasteiger partial charge < -0.3 is 15.2 Å². The summed E-state index contributed by atoms with van der Waals surface area (Å²) < 4.78 is 31.0. The first-order chi connectivity index (χ1) is 8.50. The van der Waals surface area contributed by atoms with Gasteiger partial charge in [-0.15, -0.1) is 0 Å². The van der Waals surface area contributed by atoms with Crippen LogP contribution in [-0.2, 0) is 4.74 Å². The van der Waals surface area contributed by atoms with Gasteiger partial charge in [-0.3, -0.25) is 0 Å². The smallest absolute Gasteiger partial charge is 0.159 e. The van der Waals surface area contributed by atoms with Gasteiger partial charge >= 0.3 is 0 Å². The number of rotatable bonds is 4. The summed E-state index contributed by atoms with van der Waals surface area (Å²) in [5, 5.41) is 13.2. The molecule has 3 nitrogen and oxygen atoms in total. The number of benzene rings is 1. The van der Waals surface area contributed by atoms with E-state index in [9.17, 15) is 13.9 Å². The van der Waals surface area contributed by atoms with Crippen LogP contribution < -0.4 is 5.32 Å². The molecule has 1 aromatic carbocycles. The van der Waals surface area contributed by atoms with Gasteiger partial charge in [0.15, 0.2) is 11.6 Å². The van der Waals surface area contributed by atoms with E-state index >= 15 is 0 Å². The van der Waals surface area contributed by atoms with Gasteiger partial charge in [-0.05, 0) is 24.6 Å². The zero-order chi connectivity index (χ0) is 13.2. The summed E-state index contributed by atoms with van der Waals surface area (Å²) in [6.45, 7) is 3.07. The third kappa shape index (κ3) is 3.04. The van der Waals surface area contributed by atoms with Crippen LogP contribution in [0.4, 0.5) is 8.78 Å². The van der Waals surface area contributed by atoms with Gasteiger partial charge in [0.25, 0.3) is 0 Å². The largest absolute Gasteiger partial charge is 0.386 e. The van der Waals surface area contributed by atoms with Crippen molar-refractivity contribution in [2.45, 2.75) is 25.0 Å². The summed E-state index contributed by atoms with van der Waals surface area (Å²) in [4.78, 5) is 0. The van der Waals surface area contributed by atoms with Crippen molar-refractivity contribution in [3.05, 3.63) is 35.4 Å². The van der Waals surface area contributed by atoms with Gasteiger partial charge in [-0.25, -0.2) is 8.78 Å². The molecular weight excluding hydrogens is 240 g/mol. The van der Waals surface area contributed by atoms with Gasteiger partial charge in [0.2, 0.25) is 0 Å². The van der Waals surface area contributed by atoms with Gasteiger partial charge in [-0.2, -0.15) is 0 Å². The molecule has 0 aliphatic carbocycles. The lowest BCUT2D eigenvalue weighted by molar-refractivity contribution is 0.0252. The number of hydrogen-bond acceptors (Lipinski definition) is 3. The van der Waals surface area contributed by atoms with Crippen LogP contribution in [0.25, 0.3) is 0 Å². The predicted molar refractivity (Wildman–Crippen MR) is 63.2 cm³/mol.